The van der Waals surface area contributed by atoms with Gasteiger partial charge in [-0.1, -0.05) is 12.1 Å². The molecule has 1 aromatic rings. The topological polar surface area (TPSA) is 105 Å². The third-order valence-electron chi connectivity index (χ3n) is 4.46. The number of fused-ring (bicyclic) bond motifs is 1. The number of nitrogens with zero attached hydrogens (tertiary/aromatic N) is 1. The highest BCUT2D eigenvalue weighted by Crippen LogP contribution is 2.29. The number of imide groups is 1. The second-order valence-electron chi connectivity index (χ2n) is 6.45. The molecule has 2 aliphatic rings. The molecule has 4 N–H and O–H groups in total. The molecule has 0 saturated carbocycles. The molecule has 0 bridgehead atoms. The average Bonchev–Trinajstić information content (AvgIpc) is 2.85. The zero-order valence-electron chi connectivity index (χ0n) is 13.7. The molecular weight excluding hydrogens is 308 g/mol. The summed E-state index contributed by atoms with van der Waals surface area (Å²) in [6, 6.07) is 5.11. The van der Waals surface area contributed by atoms with Crippen LogP contribution >= 0.6 is 0 Å². The third kappa shape index (κ3) is 3.18. The SMILES string of the molecule is C[C@@H](N)CNCc1cccc2c1CN(C1CCC(=O)NC1=O)C2=O. The van der Waals surface area contributed by atoms with Crippen LogP contribution in [0.1, 0.15) is 41.3 Å². The normalized spacial score (nSPS) is 21.7. The summed E-state index contributed by atoms with van der Waals surface area (Å²) < 4.78 is 0. The maximum Gasteiger partial charge on any atom is 0.255 e. The maximum absolute atomic E-state index is 12.7. The summed E-state index contributed by atoms with van der Waals surface area (Å²) in [6.45, 7) is 3.64. The van der Waals surface area contributed by atoms with Crippen LogP contribution in [0.3, 0.4) is 0 Å². The molecule has 2 atom stereocenters. The van der Waals surface area contributed by atoms with Gasteiger partial charge in [-0.05, 0) is 30.5 Å². The molecule has 0 aliphatic carbocycles. The number of benzene rings is 1. The van der Waals surface area contributed by atoms with Crippen LogP contribution in [0, 0.1) is 0 Å². The largest absolute Gasteiger partial charge is 0.327 e. The second kappa shape index (κ2) is 6.70. The molecule has 2 heterocycles. The van der Waals surface area contributed by atoms with Gasteiger partial charge in [0, 0.05) is 37.7 Å². The highest BCUT2D eigenvalue weighted by atomic mass is 16.2. The Labute approximate surface area is 140 Å². The van der Waals surface area contributed by atoms with Crippen molar-refractivity contribution in [3.8, 4) is 0 Å². The molecular formula is C17H22N4O3. The predicted octanol–water partition coefficient (Wildman–Crippen LogP) is -0.116. The van der Waals surface area contributed by atoms with E-state index in [-0.39, 0.29) is 30.2 Å². The van der Waals surface area contributed by atoms with E-state index in [4.69, 9.17) is 5.73 Å². The van der Waals surface area contributed by atoms with Crippen molar-refractivity contribution in [2.45, 2.75) is 44.9 Å². The lowest BCUT2D eigenvalue weighted by molar-refractivity contribution is -0.136. The Morgan fingerprint density at radius 1 is 1.38 bits per heavy atom. The van der Waals surface area contributed by atoms with Gasteiger partial charge < -0.3 is 16.0 Å². The predicted molar refractivity (Wildman–Crippen MR) is 87.8 cm³/mol. The summed E-state index contributed by atoms with van der Waals surface area (Å²) in [6.07, 6.45) is 0.641. The van der Waals surface area contributed by atoms with Gasteiger partial charge in [0.25, 0.3) is 5.91 Å². The Morgan fingerprint density at radius 2 is 2.17 bits per heavy atom. The standard InChI is InChI=1S/C17H22N4O3/c1-10(18)7-19-8-11-3-2-4-12-13(11)9-21(17(12)24)14-5-6-15(22)20-16(14)23/h2-4,10,14,19H,5-9,18H2,1H3,(H,20,22,23)/t10-,14?/m1/s1. The first-order valence-electron chi connectivity index (χ1n) is 8.19. The minimum Gasteiger partial charge on any atom is -0.327 e. The Kier molecular flexibility index (Phi) is 4.64. The van der Waals surface area contributed by atoms with Gasteiger partial charge in [-0.3, -0.25) is 19.7 Å². The van der Waals surface area contributed by atoms with Crippen LogP contribution in [0.15, 0.2) is 18.2 Å². The highest BCUT2D eigenvalue weighted by Gasteiger charge is 2.39. The molecule has 0 spiro atoms. The van der Waals surface area contributed by atoms with Crippen molar-refractivity contribution in [2.24, 2.45) is 5.73 Å². The Bertz CT molecular complexity index is 686. The van der Waals surface area contributed by atoms with Gasteiger partial charge in [-0.15, -0.1) is 0 Å². The molecule has 3 amide bonds. The molecule has 7 nitrogen and oxygen atoms in total. The van der Waals surface area contributed by atoms with Crippen molar-refractivity contribution in [3.63, 3.8) is 0 Å². The number of hydrogen-bond acceptors (Lipinski definition) is 5. The van der Waals surface area contributed by atoms with Gasteiger partial charge in [0.1, 0.15) is 6.04 Å². The van der Waals surface area contributed by atoms with E-state index in [1.165, 1.54) is 0 Å². The number of nitrogens with one attached hydrogen (secondary N) is 2. The van der Waals surface area contributed by atoms with E-state index in [2.05, 4.69) is 10.6 Å². The Morgan fingerprint density at radius 3 is 2.88 bits per heavy atom. The molecule has 24 heavy (non-hydrogen) atoms. The zero-order chi connectivity index (χ0) is 17.3. The fourth-order valence-corrected chi connectivity index (χ4v) is 3.25. The third-order valence-corrected chi connectivity index (χ3v) is 4.46. The van der Waals surface area contributed by atoms with Crippen molar-refractivity contribution in [3.05, 3.63) is 34.9 Å². The molecule has 1 saturated heterocycles. The first kappa shape index (κ1) is 16.6. The van der Waals surface area contributed by atoms with Crippen molar-refractivity contribution in [1.29, 1.82) is 0 Å². The van der Waals surface area contributed by atoms with E-state index < -0.39 is 6.04 Å². The summed E-state index contributed by atoms with van der Waals surface area (Å²) in [5, 5.41) is 5.59. The van der Waals surface area contributed by atoms with Gasteiger partial charge in [0.05, 0.1) is 0 Å². The molecule has 1 unspecified atom stereocenters. The summed E-state index contributed by atoms with van der Waals surface area (Å²) in [5.41, 5.74) is 8.37. The van der Waals surface area contributed by atoms with Crippen LogP contribution in [-0.2, 0) is 22.7 Å². The number of amides is 3. The van der Waals surface area contributed by atoms with Gasteiger partial charge in [-0.25, -0.2) is 0 Å². The van der Waals surface area contributed by atoms with Gasteiger partial charge >= 0.3 is 0 Å². The fourth-order valence-electron chi connectivity index (χ4n) is 3.25. The van der Waals surface area contributed by atoms with Gasteiger partial charge in [0.2, 0.25) is 11.8 Å². The lowest BCUT2D eigenvalue weighted by atomic mass is 10.0. The fraction of sp³-hybridized carbons (Fsp3) is 0.471. The summed E-state index contributed by atoms with van der Waals surface area (Å²) in [4.78, 5) is 37.6. The van der Waals surface area contributed by atoms with Crippen LogP contribution < -0.4 is 16.4 Å². The lowest BCUT2D eigenvalue weighted by Crippen LogP contribution is -2.52. The van der Waals surface area contributed by atoms with Crippen LogP contribution in [0.4, 0.5) is 0 Å². The van der Waals surface area contributed by atoms with Crippen molar-refractivity contribution in [1.82, 2.24) is 15.5 Å². The van der Waals surface area contributed by atoms with Crippen LogP contribution in [0.5, 0.6) is 0 Å². The quantitative estimate of drug-likeness (QED) is 0.653. The van der Waals surface area contributed by atoms with E-state index in [1.54, 1.807) is 11.0 Å². The molecule has 1 fully saturated rings. The monoisotopic (exact) mass is 330 g/mol. The average molecular weight is 330 g/mol. The molecule has 0 radical (unpaired) electrons. The number of carbonyl (C=O) groups is 3. The number of nitrogens with two attached hydrogens (primary N) is 1. The van der Waals surface area contributed by atoms with Crippen LogP contribution in [-0.4, -0.2) is 41.2 Å². The minimum atomic E-state index is -0.576. The Hall–Kier alpha value is -2.25. The molecule has 2 aliphatic heterocycles. The first-order valence-corrected chi connectivity index (χ1v) is 8.19. The van der Waals surface area contributed by atoms with Crippen LogP contribution in [0.25, 0.3) is 0 Å². The lowest BCUT2D eigenvalue weighted by Gasteiger charge is -2.29. The van der Waals surface area contributed by atoms with Crippen molar-refractivity contribution in [2.75, 3.05) is 6.54 Å². The molecule has 1 aromatic carbocycles. The van der Waals surface area contributed by atoms with Crippen molar-refractivity contribution >= 4 is 17.7 Å². The summed E-state index contributed by atoms with van der Waals surface area (Å²) >= 11 is 0. The number of hydrogen-bond donors (Lipinski definition) is 3. The smallest absolute Gasteiger partial charge is 0.255 e. The van der Waals surface area contributed by atoms with Crippen LogP contribution in [0.2, 0.25) is 0 Å². The molecule has 3 rings (SSSR count). The van der Waals surface area contributed by atoms with E-state index in [9.17, 15) is 14.4 Å². The van der Waals surface area contributed by atoms with Gasteiger partial charge in [-0.2, -0.15) is 0 Å². The van der Waals surface area contributed by atoms with E-state index in [0.717, 1.165) is 11.1 Å². The Balaban J connectivity index is 1.77. The van der Waals surface area contributed by atoms with E-state index in [1.807, 2.05) is 19.1 Å². The maximum atomic E-state index is 12.7. The first-order chi connectivity index (χ1) is 11.5. The minimum absolute atomic E-state index is 0.0587. The molecule has 0 aromatic heterocycles. The van der Waals surface area contributed by atoms with E-state index in [0.29, 0.717) is 31.6 Å². The molecule has 7 heteroatoms. The zero-order valence-corrected chi connectivity index (χ0v) is 13.7. The number of rotatable bonds is 5. The summed E-state index contributed by atoms with van der Waals surface area (Å²) in [7, 11) is 0. The number of carbonyl (C=O) groups excluding carboxylic acids is 3. The van der Waals surface area contributed by atoms with Crippen molar-refractivity contribution < 1.29 is 14.4 Å². The highest BCUT2D eigenvalue weighted by molar-refractivity contribution is 6.05. The van der Waals surface area contributed by atoms with Gasteiger partial charge in [0.15, 0.2) is 0 Å². The van der Waals surface area contributed by atoms with E-state index >= 15 is 0 Å². The summed E-state index contributed by atoms with van der Waals surface area (Å²) in [5.74, 6) is -0.807. The second-order valence-corrected chi connectivity index (χ2v) is 6.45. The molecule has 128 valence electrons. The number of piperidine rings is 1.